The molecule has 0 unspecified atom stereocenters. The van der Waals surface area contributed by atoms with Crippen LogP contribution >= 0.6 is 0 Å². The molecule has 0 aliphatic heterocycles. The van der Waals surface area contributed by atoms with Crippen molar-refractivity contribution in [1.29, 1.82) is 0 Å². The van der Waals surface area contributed by atoms with Gasteiger partial charge in [0.15, 0.2) is 0 Å². The number of amides is 1. The molecule has 0 radical (unpaired) electrons. The summed E-state index contributed by atoms with van der Waals surface area (Å²) in [4.78, 5) is 20.8. The number of carbonyl (C=O) groups is 1. The molecule has 1 N–H and O–H groups in total. The largest absolute Gasteiger partial charge is 0.496 e. The Morgan fingerprint density at radius 2 is 2.14 bits per heavy atom. The highest BCUT2D eigenvalue weighted by Gasteiger charge is 2.14. The molecule has 1 amide bonds. The van der Waals surface area contributed by atoms with Gasteiger partial charge in [0.2, 0.25) is 17.6 Å². The van der Waals surface area contributed by atoms with Crippen LogP contribution in [0.15, 0.2) is 41.2 Å². The van der Waals surface area contributed by atoms with Gasteiger partial charge in [0, 0.05) is 36.5 Å². The summed E-state index contributed by atoms with van der Waals surface area (Å²) < 4.78 is 10.7. The number of ether oxygens (including phenoxy) is 1. The maximum absolute atomic E-state index is 12.4. The number of nitrogens with zero attached hydrogens (tertiary/aromatic N) is 3. The maximum Gasteiger partial charge on any atom is 0.227 e. The van der Waals surface area contributed by atoms with Gasteiger partial charge in [-0.2, -0.15) is 4.98 Å². The third kappa shape index (κ3) is 4.54. The van der Waals surface area contributed by atoms with Crippen LogP contribution < -0.4 is 10.1 Å². The second-order valence-electron chi connectivity index (χ2n) is 6.87. The number of benzene rings is 1. The summed E-state index contributed by atoms with van der Waals surface area (Å²) in [5, 5.41) is 6.91. The summed E-state index contributed by atoms with van der Waals surface area (Å²) in [6, 6.07) is 7.58. The molecule has 3 aromatic rings. The fourth-order valence-corrected chi connectivity index (χ4v) is 2.86. The first-order chi connectivity index (χ1) is 13.5. The molecule has 146 valence electrons. The number of hydrogen-bond acceptors (Lipinski definition) is 6. The second kappa shape index (κ2) is 8.65. The van der Waals surface area contributed by atoms with E-state index in [1.807, 2.05) is 25.1 Å². The fourth-order valence-electron chi connectivity index (χ4n) is 2.86. The lowest BCUT2D eigenvalue weighted by atomic mass is 9.99. The molecule has 0 saturated carbocycles. The van der Waals surface area contributed by atoms with E-state index in [0.29, 0.717) is 18.1 Å². The first kappa shape index (κ1) is 19.5. The van der Waals surface area contributed by atoms with E-state index in [9.17, 15) is 4.79 Å². The van der Waals surface area contributed by atoms with Gasteiger partial charge < -0.3 is 14.6 Å². The minimum atomic E-state index is -0.107. The van der Waals surface area contributed by atoms with E-state index in [-0.39, 0.29) is 18.2 Å². The summed E-state index contributed by atoms with van der Waals surface area (Å²) >= 11 is 0. The van der Waals surface area contributed by atoms with E-state index in [1.165, 1.54) is 0 Å². The molecule has 0 aliphatic carbocycles. The Hall–Kier alpha value is -3.22. The van der Waals surface area contributed by atoms with Crippen molar-refractivity contribution in [3.05, 3.63) is 53.7 Å². The molecule has 1 aromatic carbocycles. The minimum Gasteiger partial charge on any atom is -0.496 e. The lowest BCUT2D eigenvalue weighted by molar-refractivity contribution is -0.116. The Labute approximate surface area is 164 Å². The van der Waals surface area contributed by atoms with E-state index in [4.69, 9.17) is 9.26 Å². The van der Waals surface area contributed by atoms with E-state index < -0.39 is 0 Å². The molecule has 0 aliphatic rings. The number of anilines is 1. The number of rotatable bonds is 7. The summed E-state index contributed by atoms with van der Waals surface area (Å²) in [7, 11) is 1.66. The highest BCUT2D eigenvalue weighted by Crippen LogP contribution is 2.32. The van der Waals surface area contributed by atoms with Crippen molar-refractivity contribution in [2.24, 2.45) is 0 Å². The number of aromatic nitrogens is 3. The lowest BCUT2D eigenvalue weighted by Crippen LogP contribution is -2.14. The first-order valence-corrected chi connectivity index (χ1v) is 9.19. The van der Waals surface area contributed by atoms with Crippen LogP contribution in [-0.4, -0.2) is 28.1 Å². The molecule has 28 heavy (non-hydrogen) atoms. The van der Waals surface area contributed by atoms with Crippen LogP contribution in [0.4, 0.5) is 5.69 Å². The molecule has 0 spiro atoms. The predicted octanol–water partition coefficient (Wildman–Crippen LogP) is 4.14. The molecule has 2 heterocycles. The fraction of sp³-hybridized carbons (Fsp3) is 0.333. The summed E-state index contributed by atoms with van der Waals surface area (Å²) in [5.74, 6) is 1.90. The van der Waals surface area contributed by atoms with Crippen molar-refractivity contribution in [2.45, 2.75) is 39.5 Å². The quantitative estimate of drug-likeness (QED) is 0.662. The molecule has 0 atom stereocenters. The van der Waals surface area contributed by atoms with Gasteiger partial charge in [-0.15, -0.1) is 0 Å². The zero-order chi connectivity index (χ0) is 20.1. The second-order valence-corrected chi connectivity index (χ2v) is 6.87. The first-order valence-electron chi connectivity index (χ1n) is 9.19. The molecule has 0 bridgehead atoms. The number of nitrogens with one attached hydrogen (secondary N) is 1. The highest BCUT2D eigenvalue weighted by atomic mass is 16.5. The highest BCUT2D eigenvalue weighted by molar-refractivity contribution is 5.91. The van der Waals surface area contributed by atoms with E-state index in [0.717, 1.165) is 28.1 Å². The van der Waals surface area contributed by atoms with Gasteiger partial charge in [0.1, 0.15) is 5.75 Å². The van der Waals surface area contributed by atoms with Gasteiger partial charge in [0.05, 0.1) is 7.11 Å². The molecule has 0 fully saturated rings. The van der Waals surface area contributed by atoms with E-state index >= 15 is 0 Å². The third-order valence-corrected chi connectivity index (χ3v) is 4.43. The average Bonchev–Trinajstić information content (AvgIpc) is 3.17. The Morgan fingerprint density at radius 1 is 1.32 bits per heavy atom. The van der Waals surface area contributed by atoms with Gasteiger partial charge in [0.25, 0.3) is 0 Å². The number of carbonyl (C=O) groups excluding carboxylic acids is 1. The van der Waals surface area contributed by atoms with Gasteiger partial charge in [-0.25, -0.2) is 0 Å². The van der Waals surface area contributed by atoms with Gasteiger partial charge in [-0.3, -0.25) is 9.78 Å². The molecule has 7 nitrogen and oxygen atoms in total. The summed E-state index contributed by atoms with van der Waals surface area (Å²) in [6.45, 7) is 6.13. The van der Waals surface area contributed by atoms with Crippen LogP contribution in [0.5, 0.6) is 5.75 Å². The van der Waals surface area contributed by atoms with Crippen LogP contribution in [0.25, 0.3) is 11.4 Å². The van der Waals surface area contributed by atoms with E-state index in [2.05, 4.69) is 34.3 Å². The SMILES string of the molecule is COc1cc(C)c(NC(=O)CCc2nc(-c3cccnc3)no2)cc1C(C)C. The van der Waals surface area contributed by atoms with Crippen molar-refractivity contribution in [2.75, 3.05) is 12.4 Å². The predicted molar refractivity (Wildman–Crippen MR) is 106 cm³/mol. The standard InChI is InChI=1S/C21H24N4O3/c1-13(2)16-11-17(14(3)10-18(16)27-4)23-19(26)7-8-20-24-21(25-28-20)15-6-5-9-22-12-15/h5-6,9-13H,7-8H2,1-4H3,(H,23,26). The molecule has 3 rings (SSSR count). The number of aryl methyl sites for hydroxylation is 2. The topological polar surface area (TPSA) is 90.1 Å². The number of pyridine rings is 1. The lowest BCUT2D eigenvalue weighted by Gasteiger charge is -2.16. The molecule has 7 heteroatoms. The summed E-state index contributed by atoms with van der Waals surface area (Å²) in [5.41, 5.74) is 3.57. The zero-order valence-corrected chi connectivity index (χ0v) is 16.5. The Bertz CT molecular complexity index is 952. The molecule has 0 saturated heterocycles. The van der Waals surface area contributed by atoms with Crippen molar-refractivity contribution in [3.8, 4) is 17.1 Å². The Morgan fingerprint density at radius 3 is 2.82 bits per heavy atom. The maximum atomic E-state index is 12.4. The Balaban J connectivity index is 1.64. The number of methoxy groups -OCH3 is 1. The molecule has 2 aromatic heterocycles. The van der Waals surface area contributed by atoms with Crippen LogP contribution in [0.2, 0.25) is 0 Å². The monoisotopic (exact) mass is 380 g/mol. The minimum absolute atomic E-state index is 0.107. The van der Waals surface area contributed by atoms with Gasteiger partial charge in [-0.1, -0.05) is 19.0 Å². The van der Waals surface area contributed by atoms with Crippen LogP contribution in [0, 0.1) is 6.92 Å². The average molecular weight is 380 g/mol. The van der Waals surface area contributed by atoms with Gasteiger partial charge in [-0.05, 0) is 48.2 Å². The van der Waals surface area contributed by atoms with E-state index in [1.54, 1.807) is 25.6 Å². The van der Waals surface area contributed by atoms with Crippen molar-refractivity contribution in [3.63, 3.8) is 0 Å². The van der Waals surface area contributed by atoms with Crippen molar-refractivity contribution >= 4 is 11.6 Å². The molecular weight excluding hydrogens is 356 g/mol. The molecular formula is C21H24N4O3. The van der Waals surface area contributed by atoms with Crippen LogP contribution in [-0.2, 0) is 11.2 Å². The van der Waals surface area contributed by atoms with Crippen molar-refractivity contribution in [1.82, 2.24) is 15.1 Å². The summed E-state index contributed by atoms with van der Waals surface area (Å²) in [6.07, 6.45) is 3.96. The number of hydrogen-bond donors (Lipinski definition) is 1. The van der Waals surface area contributed by atoms with Crippen LogP contribution in [0.3, 0.4) is 0 Å². The zero-order valence-electron chi connectivity index (χ0n) is 16.5. The Kier molecular flexibility index (Phi) is 6.03. The van der Waals surface area contributed by atoms with Crippen LogP contribution in [0.1, 0.15) is 43.2 Å². The van der Waals surface area contributed by atoms with Gasteiger partial charge >= 0.3 is 0 Å². The smallest absolute Gasteiger partial charge is 0.227 e. The van der Waals surface area contributed by atoms with Crippen molar-refractivity contribution < 1.29 is 14.1 Å². The third-order valence-electron chi connectivity index (χ3n) is 4.43. The normalized spacial score (nSPS) is 10.9.